The van der Waals surface area contributed by atoms with Crippen molar-refractivity contribution in [3.63, 3.8) is 0 Å². The van der Waals surface area contributed by atoms with Crippen molar-refractivity contribution in [1.29, 1.82) is 0 Å². The monoisotopic (exact) mass is 251 g/mol. The molecule has 3 rings (SSSR count). The lowest BCUT2D eigenvalue weighted by Gasteiger charge is -2.28. The van der Waals surface area contributed by atoms with E-state index in [1.165, 1.54) is 32.2 Å². The number of carbonyl (C=O) groups excluding carboxylic acids is 1. The molecule has 0 radical (unpaired) electrons. The zero-order valence-electron chi connectivity index (χ0n) is 11.5. The molecule has 3 aliphatic rings. The Morgan fingerprint density at radius 1 is 1.33 bits per heavy atom. The predicted molar refractivity (Wildman–Crippen MR) is 71.2 cm³/mol. The van der Waals surface area contributed by atoms with E-state index in [1.807, 2.05) is 0 Å². The lowest BCUT2D eigenvalue weighted by Crippen LogP contribution is -2.46. The highest BCUT2D eigenvalue weighted by molar-refractivity contribution is 5.88. The first-order chi connectivity index (χ1) is 8.75. The SMILES string of the molecule is CCN1CCCC1CN1CNC2(CCCC2)C1=O. The Hall–Kier alpha value is -0.610. The normalized spacial score (nSPS) is 31.9. The smallest absolute Gasteiger partial charge is 0.244 e. The second-order valence-electron chi connectivity index (χ2n) is 6.08. The lowest BCUT2D eigenvalue weighted by molar-refractivity contribution is -0.132. The second-order valence-corrected chi connectivity index (χ2v) is 6.08. The fourth-order valence-electron chi connectivity index (χ4n) is 3.99. The molecule has 2 saturated heterocycles. The van der Waals surface area contributed by atoms with Gasteiger partial charge in [0.05, 0.1) is 12.2 Å². The zero-order valence-corrected chi connectivity index (χ0v) is 11.5. The van der Waals surface area contributed by atoms with Gasteiger partial charge in [0.25, 0.3) is 0 Å². The Kier molecular flexibility index (Phi) is 3.32. The number of carbonyl (C=O) groups is 1. The first-order valence-electron chi connectivity index (χ1n) is 7.54. The minimum absolute atomic E-state index is 0.171. The maximum absolute atomic E-state index is 12.6. The molecule has 1 N–H and O–H groups in total. The average Bonchev–Trinajstić information content (AvgIpc) is 3.08. The van der Waals surface area contributed by atoms with Crippen LogP contribution in [0.4, 0.5) is 0 Å². The summed E-state index contributed by atoms with van der Waals surface area (Å²) in [5.41, 5.74) is -0.171. The maximum atomic E-state index is 12.6. The Balaban J connectivity index is 1.62. The molecule has 1 amide bonds. The highest BCUT2D eigenvalue weighted by atomic mass is 16.2. The summed E-state index contributed by atoms with van der Waals surface area (Å²) < 4.78 is 0. The van der Waals surface area contributed by atoms with Gasteiger partial charge in [0.15, 0.2) is 0 Å². The molecular weight excluding hydrogens is 226 g/mol. The molecule has 2 aliphatic heterocycles. The van der Waals surface area contributed by atoms with Crippen LogP contribution in [0.1, 0.15) is 45.4 Å². The van der Waals surface area contributed by atoms with Crippen LogP contribution in [0.25, 0.3) is 0 Å². The number of likely N-dealkylation sites (N-methyl/N-ethyl adjacent to an activating group) is 1. The van der Waals surface area contributed by atoms with Crippen molar-refractivity contribution < 1.29 is 4.79 Å². The van der Waals surface area contributed by atoms with Crippen molar-refractivity contribution in [1.82, 2.24) is 15.1 Å². The fraction of sp³-hybridized carbons (Fsp3) is 0.929. The number of hydrogen-bond acceptors (Lipinski definition) is 3. The summed E-state index contributed by atoms with van der Waals surface area (Å²) in [5, 5.41) is 3.50. The van der Waals surface area contributed by atoms with Crippen LogP contribution in [0.2, 0.25) is 0 Å². The number of nitrogens with one attached hydrogen (secondary N) is 1. The Bertz CT molecular complexity index is 325. The van der Waals surface area contributed by atoms with Crippen molar-refractivity contribution in [2.45, 2.75) is 57.0 Å². The summed E-state index contributed by atoms with van der Waals surface area (Å²) in [5.74, 6) is 0.378. The van der Waals surface area contributed by atoms with E-state index in [2.05, 4.69) is 22.0 Å². The molecule has 0 bridgehead atoms. The molecular formula is C14H25N3O. The van der Waals surface area contributed by atoms with E-state index >= 15 is 0 Å². The Labute approximate surface area is 110 Å². The third-order valence-electron chi connectivity index (χ3n) is 5.10. The van der Waals surface area contributed by atoms with Gasteiger partial charge >= 0.3 is 0 Å². The molecule has 1 unspecified atom stereocenters. The first kappa shape index (κ1) is 12.4. The zero-order chi connectivity index (χ0) is 12.6. The van der Waals surface area contributed by atoms with Gasteiger partial charge in [-0.2, -0.15) is 0 Å². The maximum Gasteiger partial charge on any atom is 0.244 e. The van der Waals surface area contributed by atoms with Gasteiger partial charge in [0.1, 0.15) is 0 Å². The summed E-state index contributed by atoms with van der Waals surface area (Å²) >= 11 is 0. The highest BCUT2D eigenvalue weighted by Gasteiger charge is 2.48. The van der Waals surface area contributed by atoms with Gasteiger partial charge in [-0.3, -0.25) is 15.0 Å². The van der Waals surface area contributed by atoms with Crippen LogP contribution in [0, 0.1) is 0 Å². The van der Waals surface area contributed by atoms with Crippen molar-refractivity contribution in [2.24, 2.45) is 0 Å². The van der Waals surface area contributed by atoms with Gasteiger partial charge < -0.3 is 4.90 Å². The summed E-state index contributed by atoms with van der Waals surface area (Å²) in [7, 11) is 0. The second kappa shape index (κ2) is 4.82. The van der Waals surface area contributed by atoms with Crippen LogP contribution in [0.3, 0.4) is 0 Å². The van der Waals surface area contributed by atoms with Gasteiger partial charge in [-0.15, -0.1) is 0 Å². The third-order valence-corrected chi connectivity index (χ3v) is 5.10. The van der Waals surface area contributed by atoms with Crippen molar-refractivity contribution in [3.8, 4) is 0 Å². The fourth-order valence-corrected chi connectivity index (χ4v) is 3.99. The molecule has 3 fully saturated rings. The summed E-state index contributed by atoms with van der Waals surface area (Å²) in [6.07, 6.45) is 7.05. The molecule has 18 heavy (non-hydrogen) atoms. The van der Waals surface area contributed by atoms with Gasteiger partial charge in [-0.1, -0.05) is 19.8 Å². The number of likely N-dealkylation sites (tertiary alicyclic amines) is 1. The third kappa shape index (κ3) is 1.95. The van der Waals surface area contributed by atoms with Crippen LogP contribution in [-0.2, 0) is 4.79 Å². The van der Waals surface area contributed by atoms with Gasteiger partial charge in [-0.25, -0.2) is 0 Å². The molecule has 1 aliphatic carbocycles. The summed E-state index contributed by atoms with van der Waals surface area (Å²) in [6, 6.07) is 0.595. The first-order valence-corrected chi connectivity index (χ1v) is 7.54. The summed E-state index contributed by atoms with van der Waals surface area (Å²) in [4.78, 5) is 17.2. The molecule has 0 aromatic heterocycles. The predicted octanol–water partition coefficient (Wildman–Crippen LogP) is 1.17. The molecule has 4 nitrogen and oxygen atoms in total. The molecule has 0 aromatic rings. The van der Waals surface area contributed by atoms with Crippen LogP contribution in [0.5, 0.6) is 0 Å². The van der Waals surface area contributed by atoms with Crippen LogP contribution in [-0.4, -0.2) is 53.6 Å². The van der Waals surface area contributed by atoms with Crippen LogP contribution < -0.4 is 5.32 Å². The van der Waals surface area contributed by atoms with E-state index in [9.17, 15) is 4.79 Å². The van der Waals surface area contributed by atoms with Crippen molar-refractivity contribution in [3.05, 3.63) is 0 Å². The largest absolute Gasteiger partial charge is 0.327 e. The van der Waals surface area contributed by atoms with E-state index in [4.69, 9.17) is 0 Å². The number of amides is 1. The molecule has 102 valence electrons. The van der Waals surface area contributed by atoms with Gasteiger partial charge in [0, 0.05) is 12.6 Å². The van der Waals surface area contributed by atoms with Gasteiger partial charge in [0.2, 0.25) is 5.91 Å². The molecule has 2 heterocycles. The number of rotatable bonds is 3. The molecule has 1 spiro atoms. The van der Waals surface area contributed by atoms with Crippen LogP contribution in [0.15, 0.2) is 0 Å². The van der Waals surface area contributed by atoms with Crippen molar-refractivity contribution >= 4 is 5.91 Å². The average molecular weight is 251 g/mol. The van der Waals surface area contributed by atoms with E-state index < -0.39 is 0 Å². The quantitative estimate of drug-likeness (QED) is 0.818. The number of nitrogens with zero attached hydrogens (tertiary/aromatic N) is 2. The minimum atomic E-state index is -0.171. The minimum Gasteiger partial charge on any atom is -0.327 e. The Morgan fingerprint density at radius 3 is 2.83 bits per heavy atom. The highest BCUT2D eigenvalue weighted by Crippen LogP contribution is 2.34. The van der Waals surface area contributed by atoms with E-state index in [0.29, 0.717) is 11.9 Å². The lowest BCUT2D eigenvalue weighted by atomic mass is 9.98. The molecule has 0 aromatic carbocycles. The number of hydrogen-bond donors (Lipinski definition) is 1. The standard InChI is InChI=1S/C14H25N3O/c1-2-16-9-5-6-12(16)10-17-11-15-14(13(17)18)7-3-4-8-14/h12,15H,2-11H2,1H3. The Morgan fingerprint density at radius 2 is 2.11 bits per heavy atom. The molecule has 4 heteroatoms. The van der Waals surface area contributed by atoms with E-state index in [1.54, 1.807) is 0 Å². The van der Waals surface area contributed by atoms with Crippen LogP contribution >= 0.6 is 0 Å². The van der Waals surface area contributed by atoms with Gasteiger partial charge in [-0.05, 0) is 38.8 Å². The molecule has 1 saturated carbocycles. The summed E-state index contributed by atoms with van der Waals surface area (Å²) in [6.45, 7) is 6.25. The van der Waals surface area contributed by atoms with Crippen molar-refractivity contribution in [2.75, 3.05) is 26.3 Å². The topological polar surface area (TPSA) is 35.6 Å². The van der Waals surface area contributed by atoms with E-state index in [-0.39, 0.29) is 5.54 Å². The van der Waals surface area contributed by atoms with E-state index in [0.717, 1.165) is 32.6 Å². The molecule has 1 atom stereocenters.